The van der Waals surface area contributed by atoms with Gasteiger partial charge in [0.1, 0.15) is 0 Å². The van der Waals surface area contributed by atoms with Crippen molar-refractivity contribution in [3.05, 3.63) is 0 Å². The Morgan fingerprint density at radius 3 is 2.14 bits per heavy atom. The smallest absolute Gasteiger partial charge is 0.0692 e. The highest BCUT2D eigenvalue weighted by atomic mass is 16.3. The lowest BCUT2D eigenvalue weighted by Crippen LogP contribution is -2.59. The summed E-state index contributed by atoms with van der Waals surface area (Å²) in [6, 6.07) is 1.31. The summed E-state index contributed by atoms with van der Waals surface area (Å²) < 4.78 is 0. The van der Waals surface area contributed by atoms with Crippen molar-refractivity contribution in [3.8, 4) is 0 Å². The standard InChI is InChI=1S/C18H36N2O/c1-5-14(6-2)17(21)10-19-18-15-8-7-9-16(18)12-20(11-15)13(3)4/h13-19,21H,5-12H2,1-4H3. The van der Waals surface area contributed by atoms with Gasteiger partial charge >= 0.3 is 0 Å². The van der Waals surface area contributed by atoms with Crippen LogP contribution < -0.4 is 5.32 Å². The average molecular weight is 296 g/mol. The first kappa shape index (κ1) is 17.2. The Balaban J connectivity index is 1.88. The van der Waals surface area contributed by atoms with Gasteiger partial charge in [-0.3, -0.25) is 0 Å². The Morgan fingerprint density at radius 2 is 1.67 bits per heavy atom. The van der Waals surface area contributed by atoms with Crippen molar-refractivity contribution in [2.24, 2.45) is 17.8 Å². The number of aliphatic hydroxyl groups excluding tert-OH is 1. The van der Waals surface area contributed by atoms with E-state index in [2.05, 4.69) is 37.9 Å². The van der Waals surface area contributed by atoms with Crippen molar-refractivity contribution in [3.63, 3.8) is 0 Å². The minimum Gasteiger partial charge on any atom is -0.392 e. The molecule has 2 rings (SSSR count). The van der Waals surface area contributed by atoms with E-state index in [-0.39, 0.29) is 6.10 Å². The second-order valence-corrected chi connectivity index (χ2v) is 7.58. The zero-order chi connectivity index (χ0) is 15.4. The van der Waals surface area contributed by atoms with Crippen LogP contribution in [0.2, 0.25) is 0 Å². The highest BCUT2D eigenvalue weighted by molar-refractivity contribution is 4.95. The van der Waals surface area contributed by atoms with Gasteiger partial charge < -0.3 is 15.3 Å². The fourth-order valence-corrected chi connectivity index (χ4v) is 4.48. The lowest BCUT2D eigenvalue weighted by Gasteiger charge is -2.49. The van der Waals surface area contributed by atoms with Crippen molar-refractivity contribution in [1.82, 2.24) is 10.2 Å². The van der Waals surface area contributed by atoms with E-state index >= 15 is 0 Å². The number of nitrogens with one attached hydrogen (secondary N) is 1. The predicted molar refractivity (Wildman–Crippen MR) is 89.4 cm³/mol. The molecule has 2 bridgehead atoms. The van der Waals surface area contributed by atoms with Gasteiger partial charge in [-0.1, -0.05) is 33.1 Å². The minimum atomic E-state index is -0.177. The molecule has 2 aliphatic rings. The maximum Gasteiger partial charge on any atom is 0.0692 e. The fourth-order valence-electron chi connectivity index (χ4n) is 4.48. The van der Waals surface area contributed by atoms with E-state index in [9.17, 15) is 5.11 Å². The average Bonchev–Trinajstić information content (AvgIpc) is 2.45. The molecule has 1 saturated carbocycles. The third-order valence-corrected chi connectivity index (χ3v) is 5.99. The molecule has 3 unspecified atom stereocenters. The number of nitrogens with zero attached hydrogens (tertiary/aromatic N) is 1. The van der Waals surface area contributed by atoms with Gasteiger partial charge in [0.2, 0.25) is 0 Å². The van der Waals surface area contributed by atoms with Crippen LogP contribution in [0.5, 0.6) is 0 Å². The van der Waals surface area contributed by atoms with Gasteiger partial charge in [-0.05, 0) is 44.4 Å². The molecule has 1 aliphatic carbocycles. The summed E-state index contributed by atoms with van der Waals surface area (Å²) in [6.07, 6.45) is 6.10. The molecule has 0 amide bonds. The van der Waals surface area contributed by atoms with Crippen LogP contribution in [0.15, 0.2) is 0 Å². The predicted octanol–water partition coefficient (Wildman–Crippen LogP) is 2.88. The first-order valence-electron chi connectivity index (χ1n) is 9.22. The molecular formula is C18H36N2O. The number of hydrogen-bond acceptors (Lipinski definition) is 3. The van der Waals surface area contributed by atoms with E-state index in [1.165, 1.54) is 32.4 Å². The zero-order valence-electron chi connectivity index (χ0n) is 14.5. The van der Waals surface area contributed by atoms with E-state index in [4.69, 9.17) is 0 Å². The SMILES string of the molecule is CCC(CC)C(O)CNC1C2CCCC1CN(C(C)C)C2. The number of likely N-dealkylation sites (tertiary alicyclic amines) is 1. The van der Waals surface area contributed by atoms with Crippen molar-refractivity contribution >= 4 is 0 Å². The molecule has 0 spiro atoms. The molecule has 0 aromatic heterocycles. The lowest BCUT2D eigenvalue weighted by molar-refractivity contribution is 0.0188. The number of fused-ring (bicyclic) bond motifs is 2. The molecule has 3 heteroatoms. The van der Waals surface area contributed by atoms with Gasteiger partial charge in [0, 0.05) is 31.7 Å². The van der Waals surface area contributed by atoms with Gasteiger partial charge in [-0.2, -0.15) is 0 Å². The van der Waals surface area contributed by atoms with E-state index in [1.807, 2.05) is 0 Å². The highest BCUT2D eigenvalue weighted by Gasteiger charge is 2.39. The van der Waals surface area contributed by atoms with E-state index in [0.717, 1.165) is 31.2 Å². The third-order valence-electron chi connectivity index (χ3n) is 5.99. The first-order valence-corrected chi connectivity index (χ1v) is 9.22. The van der Waals surface area contributed by atoms with Gasteiger partial charge in [0.15, 0.2) is 0 Å². The van der Waals surface area contributed by atoms with E-state index in [1.54, 1.807) is 0 Å². The highest BCUT2D eigenvalue weighted by Crippen LogP contribution is 2.35. The normalized spacial score (nSPS) is 31.9. The van der Waals surface area contributed by atoms with Crippen LogP contribution in [-0.4, -0.2) is 47.8 Å². The summed E-state index contributed by atoms with van der Waals surface area (Å²) in [5.41, 5.74) is 0. The molecule has 3 atom stereocenters. The third kappa shape index (κ3) is 4.20. The largest absolute Gasteiger partial charge is 0.392 e. The maximum absolute atomic E-state index is 10.4. The molecule has 3 nitrogen and oxygen atoms in total. The van der Waals surface area contributed by atoms with Crippen LogP contribution >= 0.6 is 0 Å². The molecule has 21 heavy (non-hydrogen) atoms. The molecule has 0 aromatic carbocycles. The van der Waals surface area contributed by atoms with Crippen LogP contribution in [-0.2, 0) is 0 Å². The molecule has 0 radical (unpaired) electrons. The maximum atomic E-state index is 10.4. The van der Waals surface area contributed by atoms with Gasteiger partial charge in [0.25, 0.3) is 0 Å². The van der Waals surface area contributed by atoms with Crippen LogP contribution in [0.4, 0.5) is 0 Å². The molecule has 124 valence electrons. The second-order valence-electron chi connectivity index (χ2n) is 7.58. The zero-order valence-corrected chi connectivity index (χ0v) is 14.5. The van der Waals surface area contributed by atoms with E-state index < -0.39 is 0 Å². The first-order chi connectivity index (χ1) is 10.1. The molecule has 1 heterocycles. The molecular weight excluding hydrogens is 260 g/mol. The van der Waals surface area contributed by atoms with Crippen LogP contribution in [0.3, 0.4) is 0 Å². The Kier molecular flexibility index (Phi) is 6.51. The number of hydrogen-bond donors (Lipinski definition) is 2. The Hall–Kier alpha value is -0.120. The minimum absolute atomic E-state index is 0.177. The Morgan fingerprint density at radius 1 is 1.10 bits per heavy atom. The van der Waals surface area contributed by atoms with Crippen molar-refractivity contribution in [1.29, 1.82) is 0 Å². The summed E-state index contributed by atoms with van der Waals surface area (Å²) in [6.45, 7) is 12.3. The summed E-state index contributed by atoms with van der Waals surface area (Å²) in [4.78, 5) is 2.66. The quantitative estimate of drug-likeness (QED) is 0.758. The molecule has 1 aliphatic heterocycles. The summed E-state index contributed by atoms with van der Waals surface area (Å²) in [5, 5.41) is 14.1. The van der Waals surface area contributed by atoms with Crippen LogP contribution in [0.1, 0.15) is 59.8 Å². The van der Waals surface area contributed by atoms with Crippen molar-refractivity contribution < 1.29 is 5.11 Å². The summed E-state index contributed by atoms with van der Waals surface area (Å²) >= 11 is 0. The molecule has 2 fully saturated rings. The summed E-state index contributed by atoms with van der Waals surface area (Å²) in [5.74, 6) is 2.02. The Labute approximate surface area is 131 Å². The molecule has 1 saturated heterocycles. The number of aliphatic hydroxyl groups is 1. The lowest BCUT2D eigenvalue weighted by atomic mass is 9.73. The Bertz CT molecular complexity index is 290. The number of rotatable bonds is 7. The van der Waals surface area contributed by atoms with Crippen molar-refractivity contribution in [2.45, 2.75) is 78.0 Å². The molecule has 0 aromatic rings. The second kappa shape index (κ2) is 7.94. The van der Waals surface area contributed by atoms with Gasteiger partial charge in [-0.15, -0.1) is 0 Å². The van der Waals surface area contributed by atoms with Crippen molar-refractivity contribution in [2.75, 3.05) is 19.6 Å². The van der Waals surface area contributed by atoms with Gasteiger partial charge in [-0.25, -0.2) is 0 Å². The number of piperidine rings is 1. The topological polar surface area (TPSA) is 35.5 Å². The monoisotopic (exact) mass is 296 g/mol. The van der Waals surface area contributed by atoms with Gasteiger partial charge in [0.05, 0.1) is 6.10 Å². The summed E-state index contributed by atoms with van der Waals surface area (Å²) in [7, 11) is 0. The fraction of sp³-hybridized carbons (Fsp3) is 1.00. The van der Waals surface area contributed by atoms with Crippen LogP contribution in [0.25, 0.3) is 0 Å². The molecule has 2 N–H and O–H groups in total. The van der Waals surface area contributed by atoms with Crippen LogP contribution in [0, 0.1) is 17.8 Å². The van der Waals surface area contributed by atoms with E-state index in [0.29, 0.717) is 18.0 Å².